The number of carbonyl (C=O) groups is 1. The highest BCUT2D eigenvalue weighted by atomic mass is 16.3. The Kier molecular flexibility index (Phi) is 1.68. The first-order chi connectivity index (χ1) is 4.24. The van der Waals surface area contributed by atoms with Crippen LogP contribution in [0.25, 0.3) is 0 Å². The van der Waals surface area contributed by atoms with Crippen LogP contribution < -0.4 is 5.32 Å². The van der Waals surface area contributed by atoms with E-state index in [1.165, 1.54) is 0 Å². The molecule has 0 spiro atoms. The maximum Gasteiger partial charge on any atom is 0.249 e. The third kappa shape index (κ3) is 1.20. The number of hydrogen-bond donors (Lipinski definition) is 3. The Hall–Kier alpha value is -0.610. The van der Waals surface area contributed by atoms with Crippen LogP contribution in [0.1, 0.15) is 6.42 Å². The van der Waals surface area contributed by atoms with E-state index in [4.69, 9.17) is 10.2 Å². The largest absolute Gasteiger partial charge is 0.394 e. The van der Waals surface area contributed by atoms with Crippen LogP contribution in [0, 0.1) is 0 Å². The lowest BCUT2D eigenvalue weighted by Gasteiger charge is -2.01. The van der Waals surface area contributed by atoms with Crippen molar-refractivity contribution in [1.82, 2.24) is 5.32 Å². The van der Waals surface area contributed by atoms with Crippen LogP contribution in [-0.4, -0.2) is 34.9 Å². The Morgan fingerprint density at radius 2 is 2.44 bits per heavy atom. The molecule has 9 heavy (non-hydrogen) atoms. The summed E-state index contributed by atoms with van der Waals surface area (Å²) in [6, 6.07) is -0.243. The Balaban J connectivity index is 2.44. The molecule has 1 rings (SSSR count). The van der Waals surface area contributed by atoms with Gasteiger partial charge in [-0.25, -0.2) is 0 Å². The molecule has 0 aliphatic carbocycles. The van der Waals surface area contributed by atoms with Crippen molar-refractivity contribution >= 4 is 5.91 Å². The molecule has 4 nitrogen and oxygen atoms in total. The molecular weight excluding hydrogens is 122 g/mol. The molecule has 0 aromatic rings. The normalized spacial score (nSPS) is 34.7. The highest BCUT2D eigenvalue weighted by Gasteiger charge is 2.28. The molecule has 1 saturated heterocycles. The quantitative estimate of drug-likeness (QED) is 0.394. The molecule has 2 atom stereocenters. The van der Waals surface area contributed by atoms with E-state index in [0.717, 1.165) is 0 Å². The number of rotatable bonds is 1. The summed E-state index contributed by atoms with van der Waals surface area (Å²) in [6.45, 7) is -0.0944. The van der Waals surface area contributed by atoms with E-state index < -0.39 is 6.10 Å². The van der Waals surface area contributed by atoms with Crippen LogP contribution >= 0.6 is 0 Å². The average Bonchev–Trinajstić information content (AvgIpc) is 2.13. The molecule has 1 heterocycles. The van der Waals surface area contributed by atoms with Gasteiger partial charge in [-0.3, -0.25) is 4.79 Å². The maximum atomic E-state index is 10.5. The molecule has 1 aliphatic rings. The molecule has 3 N–H and O–H groups in total. The van der Waals surface area contributed by atoms with E-state index in [1.807, 2.05) is 0 Å². The lowest BCUT2D eigenvalue weighted by atomic mass is 10.2. The van der Waals surface area contributed by atoms with E-state index in [9.17, 15) is 4.79 Å². The summed E-state index contributed by atoms with van der Waals surface area (Å²) in [6.07, 6.45) is -0.586. The highest BCUT2D eigenvalue weighted by molar-refractivity contribution is 5.83. The number of aliphatic hydroxyl groups excluding tert-OH is 2. The Morgan fingerprint density at radius 3 is 2.67 bits per heavy atom. The molecule has 1 aliphatic heterocycles. The summed E-state index contributed by atoms with van der Waals surface area (Å²) >= 11 is 0. The van der Waals surface area contributed by atoms with Crippen LogP contribution in [0.3, 0.4) is 0 Å². The zero-order valence-electron chi connectivity index (χ0n) is 4.87. The molecule has 1 amide bonds. The number of nitrogens with one attached hydrogen (secondary N) is 1. The van der Waals surface area contributed by atoms with Gasteiger partial charge in [0.15, 0.2) is 0 Å². The van der Waals surface area contributed by atoms with E-state index in [2.05, 4.69) is 5.32 Å². The van der Waals surface area contributed by atoms with Gasteiger partial charge in [-0.2, -0.15) is 0 Å². The summed E-state index contributed by atoms with van der Waals surface area (Å²) in [5.41, 5.74) is 0. The van der Waals surface area contributed by atoms with E-state index in [0.29, 0.717) is 6.42 Å². The van der Waals surface area contributed by atoms with Crippen molar-refractivity contribution in [3.63, 3.8) is 0 Å². The molecule has 0 aromatic heterocycles. The zero-order valence-corrected chi connectivity index (χ0v) is 4.87. The van der Waals surface area contributed by atoms with Crippen LogP contribution in [0.4, 0.5) is 0 Å². The maximum absolute atomic E-state index is 10.5. The second-order valence-corrected chi connectivity index (χ2v) is 2.14. The van der Waals surface area contributed by atoms with Gasteiger partial charge in [0.2, 0.25) is 5.91 Å². The third-order valence-corrected chi connectivity index (χ3v) is 1.38. The van der Waals surface area contributed by atoms with E-state index >= 15 is 0 Å². The molecule has 1 fully saturated rings. The molecule has 4 heteroatoms. The summed E-state index contributed by atoms with van der Waals surface area (Å²) in [4.78, 5) is 10.5. The van der Waals surface area contributed by atoms with Crippen molar-refractivity contribution in [2.75, 3.05) is 6.61 Å². The molecule has 0 unspecified atom stereocenters. The van der Waals surface area contributed by atoms with Crippen LogP contribution in [-0.2, 0) is 4.79 Å². The number of hydrogen-bond acceptors (Lipinski definition) is 3. The molecule has 0 saturated carbocycles. The van der Waals surface area contributed by atoms with Gasteiger partial charge < -0.3 is 15.5 Å². The highest BCUT2D eigenvalue weighted by Crippen LogP contribution is 2.05. The smallest absolute Gasteiger partial charge is 0.249 e. The minimum atomic E-state index is -0.915. The third-order valence-electron chi connectivity index (χ3n) is 1.38. The predicted molar refractivity (Wildman–Crippen MR) is 29.6 cm³/mol. The molecular formula is C5H9NO3. The van der Waals surface area contributed by atoms with E-state index in [-0.39, 0.29) is 18.6 Å². The fraction of sp³-hybridized carbons (Fsp3) is 0.800. The average molecular weight is 131 g/mol. The first-order valence-electron chi connectivity index (χ1n) is 2.83. The lowest BCUT2D eigenvalue weighted by molar-refractivity contribution is -0.126. The second-order valence-electron chi connectivity index (χ2n) is 2.14. The minimum Gasteiger partial charge on any atom is -0.394 e. The number of carbonyl (C=O) groups excluding carboxylic acids is 1. The van der Waals surface area contributed by atoms with Gasteiger partial charge in [-0.05, 0) is 0 Å². The Labute approximate surface area is 52.5 Å². The van der Waals surface area contributed by atoms with Gasteiger partial charge >= 0.3 is 0 Å². The summed E-state index contributed by atoms with van der Waals surface area (Å²) < 4.78 is 0. The fourth-order valence-electron chi connectivity index (χ4n) is 0.853. The zero-order chi connectivity index (χ0) is 6.85. The van der Waals surface area contributed by atoms with Gasteiger partial charge in [0.25, 0.3) is 0 Å². The number of aliphatic hydroxyl groups is 2. The predicted octanol–water partition coefficient (Wildman–Crippen LogP) is -1.77. The SMILES string of the molecule is O=C1N[C@H](CO)C[C@H]1O. The van der Waals surface area contributed by atoms with E-state index in [1.54, 1.807) is 0 Å². The van der Waals surface area contributed by atoms with Gasteiger partial charge in [-0.1, -0.05) is 0 Å². The van der Waals surface area contributed by atoms with Gasteiger partial charge in [-0.15, -0.1) is 0 Å². The lowest BCUT2D eigenvalue weighted by Crippen LogP contribution is -2.29. The molecule has 0 aromatic carbocycles. The standard InChI is InChI=1S/C5H9NO3/c7-2-3-1-4(8)5(9)6-3/h3-4,7-8H,1-2H2,(H,6,9)/t3-,4+/m0/s1. The Bertz CT molecular complexity index is 125. The van der Waals surface area contributed by atoms with Crippen LogP contribution in [0.5, 0.6) is 0 Å². The van der Waals surface area contributed by atoms with Gasteiger partial charge in [0.05, 0.1) is 12.6 Å². The van der Waals surface area contributed by atoms with Crippen LogP contribution in [0.15, 0.2) is 0 Å². The topological polar surface area (TPSA) is 69.6 Å². The van der Waals surface area contributed by atoms with Crippen LogP contribution in [0.2, 0.25) is 0 Å². The fourth-order valence-corrected chi connectivity index (χ4v) is 0.853. The molecule has 0 bridgehead atoms. The second kappa shape index (κ2) is 2.33. The van der Waals surface area contributed by atoms with Crippen molar-refractivity contribution < 1.29 is 15.0 Å². The van der Waals surface area contributed by atoms with Gasteiger partial charge in [0.1, 0.15) is 6.10 Å². The summed E-state index contributed by atoms with van der Waals surface area (Å²) in [5.74, 6) is -0.381. The van der Waals surface area contributed by atoms with Crippen molar-refractivity contribution in [3.8, 4) is 0 Å². The monoisotopic (exact) mass is 131 g/mol. The summed E-state index contributed by atoms with van der Waals surface area (Å²) in [5, 5.41) is 19.7. The van der Waals surface area contributed by atoms with Crippen molar-refractivity contribution in [2.24, 2.45) is 0 Å². The summed E-state index contributed by atoms with van der Waals surface area (Å²) in [7, 11) is 0. The first kappa shape index (κ1) is 6.51. The van der Waals surface area contributed by atoms with Crippen molar-refractivity contribution in [3.05, 3.63) is 0 Å². The Morgan fingerprint density at radius 1 is 1.78 bits per heavy atom. The molecule has 52 valence electrons. The van der Waals surface area contributed by atoms with Crippen molar-refractivity contribution in [2.45, 2.75) is 18.6 Å². The first-order valence-corrected chi connectivity index (χ1v) is 2.83. The van der Waals surface area contributed by atoms with Crippen molar-refractivity contribution in [1.29, 1.82) is 0 Å². The molecule has 0 radical (unpaired) electrons. The number of amides is 1. The minimum absolute atomic E-state index is 0.0944. The van der Waals surface area contributed by atoms with Gasteiger partial charge in [0, 0.05) is 6.42 Å².